The molecule has 0 aromatic heterocycles. The van der Waals surface area contributed by atoms with Crippen LogP contribution < -0.4 is 29.6 Å². The van der Waals surface area contributed by atoms with Gasteiger partial charge in [0.05, 0.1) is 0 Å². The molecule has 0 amide bonds. The van der Waals surface area contributed by atoms with E-state index in [1.54, 1.807) is 13.8 Å². The molecular formula is C7H11BrFNaO2S. The van der Waals surface area contributed by atoms with Gasteiger partial charge in [0.25, 0.3) is 0 Å². The molecule has 0 heterocycles. The Kier molecular flexibility index (Phi) is 11.0. The molecule has 13 heavy (non-hydrogen) atoms. The molecule has 1 unspecified atom stereocenters. The molecule has 0 rings (SSSR count). The van der Waals surface area contributed by atoms with E-state index in [0.717, 1.165) is 0 Å². The standard InChI is InChI=1S/C7H12BrFO2S.Na/c1-5(3-4-7(8)9)6(2)12(10)11;/h4-6H,3H2,1-2H3,(H,10,11);/q;+1/p-1/t5-,6+;/m0./s1. The first-order valence-corrected chi connectivity index (χ1v) is 5.47. The van der Waals surface area contributed by atoms with Gasteiger partial charge in [-0.25, -0.2) is 0 Å². The summed E-state index contributed by atoms with van der Waals surface area (Å²) in [5.41, 5.74) is 0. The molecule has 3 atom stereocenters. The molecule has 0 N–H and O–H groups in total. The van der Waals surface area contributed by atoms with E-state index in [4.69, 9.17) is 0 Å². The van der Waals surface area contributed by atoms with Gasteiger partial charge in [0, 0.05) is 5.25 Å². The molecule has 0 aliphatic rings. The van der Waals surface area contributed by atoms with Crippen LogP contribution in [0.2, 0.25) is 0 Å². The molecule has 0 saturated heterocycles. The van der Waals surface area contributed by atoms with Crippen LogP contribution in [0.3, 0.4) is 0 Å². The zero-order valence-corrected chi connectivity index (χ0v) is 12.3. The molecule has 0 aromatic rings. The van der Waals surface area contributed by atoms with Gasteiger partial charge in [-0.2, -0.15) is 4.39 Å². The van der Waals surface area contributed by atoms with E-state index in [1.807, 2.05) is 0 Å². The maximum absolute atomic E-state index is 12.2. The Balaban J connectivity index is 0. The quantitative estimate of drug-likeness (QED) is 0.514. The van der Waals surface area contributed by atoms with Gasteiger partial charge in [0.1, 0.15) is 0 Å². The van der Waals surface area contributed by atoms with Gasteiger partial charge in [0.15, 0.2) is 4.74 Å². The van der Waals surface area contributed by atoms with Crippen LogP contribution in [0.4, 0.5) is 4.39 Å². The van der Waals surface area contributed by atoms with Crippen LogP contribution in [0.1, 0.15) is 20.3 Å². The third-order valence-corrected chi connectivity index (χ3v) is 3.14. The van der Waals surface area contributed by atoms with Crippen molar-refractivity contribution in [1.29, 1.82) is 0 Å². The molecule has 0 fully saturated rings. The topological polar surface area (TPSA) is 40.1 Å². The summed E-state index contributed by atoms with van der Waals surface area (Å²) >= 11 is 0.557. The summed E-state index contributed by atoms with van der Waals surface area (Å²) in [5.74, 6) is -0.0633. The van der Waals surface area contributed by atoms with Crippen molar-refractivity contribution in [3.05, 3.63) is 10.8 Å². The van der Waals surface area contributed by atoms with Crippen LogP contribution in [-0.4, -0.2) is 14.0 Å². The fraction of sp³-hybridized carbons (Fsp3) is 0.714. The van der Waals surface area contributed by atoms with E-state index in [1.165, 1.54) is 6.08 Å². The van der Waals surface area contributed by atoms with Gasteiger partial charge in [-0.3, -0.25) is 4.21 Å². The van der Waals surface area contributed by atoms with Crippen molar-refractivity contribution >= 4 is 27.0 Å². The van der Waals surface area contributed by atoms with Crippen LogP contribution in [-0.2, 0) is 11.1 Å². The number of halogens is 2. The van der Waals surface area contributed by atoms with E-state index in [2.05, 4.69) is 15.9 Å². The van der Waals surface area contributed by atoms with E-state index in [0.29, 0.717) is 6.42 Å². The van der Waals surface area contributed by atoms with Crippen LogP contribution in [0, 0.1) is 5.92 Å². The van der Waals surface area contributed by atoms with Gasteiger partial charge >= 0.3 is 29.6 Å². The molecule has 0 aromatic carbocycles. The molecule has 0 aliphatic carbocycles. The van der Waals surface area contributed by atoms with Crippen molar-refractivity contribution in [3.8, 4) is 0 Å². The molecular weight excluding hydrogens is 270 g/mol. The van der Waals surface area contributed by atoms with Crippen molar-refractivity contribution in [3.63, 3.8) is 0 Å². The number of hydrogen-bond donors (Lipinski definition) is 0. The molecule has 0 saturated carbocycles. The van der Waals surface area contributed by atoms with E-state index < -0.39 is 21.1 Å². The molecule has 0 radical (unpaired) electrons. The van der Waals surface area contributed by atoms with Crippen molar-refractivity contribution in [2.75, 3.05) is 0 Å². The summed E-state index contributed by atoms with van der Waals surface area (Å²) in [4.78, 5) is 0. The zero-order valence-electron chi connectivity index (χ0n) is 7.92. The van der Waals surface area contributed by atoms with Gasteiger partial charge in [-0.15, -0.1) is 0 Å². The minimum atomic E-state index is -2.07. The van der Waals surface area contributed by atoms with Crippen molar-refractivity contribution in [2.24, 2.45) is 5.92 Å². The third kappa shape index (κ3) is 8.27. The van der Waals surface area contributed by atoms with Gasteiger partial charge in [-0.05, 0) is 34.3 Å². The number of allylic oxidation sites excluding steroid dienone is 1. The summed E-state index contributed by atoms with van der Waals surface area (Å²) in [6, 6.07) is 0. The van der Waals surface area contributed by atoms with E-state index >= 15 is 0 Å². The molecule has 6 heteroatoms. The maximum Gasteiger partial charge on any atom is 1.00 e. The second-order valence-corrected chi connectivity index (χ2v) is 4.69. The Labute approximate surface area is 111 Å². The van der Waals surface area contributed by atoms with E-state index in [9.17, 15) is 13.2 Å². The fourth-order valence-corrected chi connectivity index (χ4v) is 1.33. The van der Waals surface area contributed by atoms with Crippen LogP contribution >= 0.6 is 15.9 Å². The largest absolute Gasteiger partial charge is 1.00 e. The summed E-state index contributed by atoms with van der Waals surface area (Å²) in [6.45, 7) is 3.38. The summed E-state index contributed by atoms with van der Waals surface area (Å²) in [6.07, 6.45) is 1.75. The molecule has 0 bridgehead atoms. The zero-order chi connectivity index (χ0) is 9.72. The average molecular weight is 281 g/mol. The maximum atomic E-state index is 12.2. The predicted molar refractivity (Wildman–Crippen MR) is 50.3 cm³/mol. The Hall–Kier alpha value is 1.26. The van der Waals surface area contributed by atoms with Crippen LogP contribution in [0.5, 0.6) is 0 Å². The van der Waals surface area contributed by atoms with E-state index in [-0.39, 0.29) is 35.5 Å². The SMILES string of the molecule is C[C@H]([C@@H](C)CC=C(F)Br)S(=O)[O-].[Na+]. The van der Waals surface area contributed by atoms with Crippen molar-refractivity contribution in [2.45, 2.75) is 25.5 Å². The molecule has 72 valence electrons. The van der Waals surface area contributed by atoms with Gasteiger partial charge in [0.2, 0.25) is 0 Å². The first kappa shape index (κ1) is 16.7. The molecule has 0 spiro atoms. The number of rotatable bonds is 4. The number of hydrogen-bond acceptors (Lipinski definition) is 2. The van der Waals surface area contributed by atoms with Gasteiger partial charge in [-0.1, -0.05) is 24.9 Å². The summed E-state index contributed by atoms with van der Waals surface area (Å²) in [5, 5.41) is -0.437. The third-order valence-electron chi connectivity index (χ3n) is 1.75. The second kappa shape index (κ2) is 8.56. The Morgan fingerprint density at radius 3 is 2.46 bits per heavy atom. The first-order chi connectivity index (χ1) is 5.45. The average Bonchev–Trinajstić information content (AvgIpc) is 1.98. The first-order valence-electron chi connectivity index (χ1n) is 3.54. The van der Waals surface area contributed by atoms with Crippen molar-refractivity contribution < 1.29 is 42.7 Å². The molecule has 2 nitrogen and oxygen atoms in total. The summed E-state index contributed by atoms with van der Waals surface area (Å²) in [7, 11) is 0. The van der Waals surface area contributed by atoms with Crippen LogP contribution in [0.25, 0.3) is 0 Å². The van der Waals surface area contributed by atoms with Crippen LogP contribution in [0.15, 0.2) is 10.8 Å². The molecule has 0 aliphatic heterocycles. The normalized spacial score (nSPS) is 18.7. The minimum absolute atomic E-state index is 0. The van der Waals surface area contributed by atoms with Crippen molar-refractivity contribution in [1.82, 2.24) is 0 Å². The second-order valence-electron chi connectivity index (χ2n) is 2.67. The monoisotopic (exact) mass is 280 g/mol. The predicted octanol–water partition coefficient (Wildman–Crippen LogP) is -0.510. The van der Waals surface area contributed by atoms with Gasteiger partial charge < -0.3 is 4.55 Å². The summed E-state index contributed by atoms with van der Waals surface area (Å²) < 4.78 is 32.6. The Bertz CT molecular complexity index is 197. The smallest absolute Gasteiger partial charge is 0.772 e. The Morgan fingerprint density at radius 1 is 1.69 bits per heavy atom. The fourth-order valence-electron chi connectivity index (χ4n) is 0.656. The Morgan fingerprint density at radius 2 is 2.15 bits per heavy atom. The minimum Gasteiger partial charge on any atom is -0.772 e.